The number of hydrogen-bond donors (Lipinski definition) is 2. The van der Waals surface area contributed by atoms with Gasteiger partial charge in [0.25, 0.3) is 0 Å². The summed E-state index contributed by atoms with van der Waals surface area (Å²) in [5.41, 5.74) is 0. The van der Waals surface area contributed by atoms with E-state index in [9.17, 15) is 0 Å². The van der Waals surface area contributed by atoms with Crippen LogP contribution >= 0.6 is 0 Å². The fraction of sp³-hybridized carbons (Fsp3) is 0.429. The minimum atomic E-state index is -0.364. The first-order valence-electron chi connectivity index (χ1n) is 3.47. The zero-order chi connectivity index (χ0) is 8.10. The second kappa shape index (κ2) is 3.88. The lowest BCUT2D eigenvalue weighted by Gasteiger charge is -2.05. The van der Waals surface area contributed by atoms with Crippen molar-refractivity contribution in [2.45, 2.75) is 13.0 Å². The van der Waals surface area contributed by atoms with Crippen LogP contribution < -0.4 is 5.32 Å². The number of aliphatic hydroxyl groups excluding tert-OH is 1. The fourth-order valence-corrected chi connectivity index (χ4v) is 0.643. The molecule has 0 amide bonds. The van der Waals surface area contributed by atoms with Crippen LogP contribution in [0.4, 0.5) is 5.82 Å². The monoisotopic (exact) mass is 153 g/mol. The van der Waals surface area contributed by atoms with Crippen LogP contribution in [-0.2, 0) is 0 Å². The average Bonchev–Trinajstić information content (AvgIpc) is 2.03. The zero-order valence-electron chi connectivity index (χ0n) is 6.36. The molecule has 0 aromatic carbocycles. The number of nitrogens with zero attached hydrogens (tertiary/aromatic N) is 2. The molecule has 0 saturated carbocycles. The maximum Gasteiger partial charge on any atom is 0.144 e. The minimum Gasteiger partial charge on any atom is -0.392 e. The molecule has 0 fully saturated rings. The molecule has 1 rings (SSSR count). The lowest BCUT2D eigenvalue weighted by molar-refractivity contribution is 0.208. The molecule has 4 heteroatoms. The highest BCUT2D eigenvalue weighted by molar-refractivity contribution is 5.29. The summed E-state index contributed by atoms with van der Waals surface area (Å²) in [6.45, 7) is 2.21. The Hall–Kier alpha value is -1.16. The molecule has 11 heavy (non-hydrogen) atoms. The van der Waals surface area contributed by atoms with Gasteiger partial charge >= 0.3 is 0 Å². The third-order valence-electron chi connectivity index (χ3n) is 1.14. The van der Waals surface area contributed by atoms with Crippen molar-refractivity contribution in [2.24, 2.45) is 0 Å². The van der Waals surface area contributed by atoms with Gasteiger partial charge in [0.2, 0.25) is 0 Å². The predicted octanol–water partition coefficient (Wildman–Crippen LogP) is 0.269. The summed E-state index contributed by atoms with van der Waals surface area (Å²) in [6.07, 6.45) is 4.46. The van der Waals surface area contributed by atoms with E-state index in [1.165, 1.54) is 0 Å². The maximum atomic E-state index is 8.90. The van der Waals surface area contributed by atoms with Crippen molar-refractivity contribution >= 4 is 5.82 Å². The third-order valence-corrected chi connectivity index (χ3v) is 1.14. The normalized spacial score (nSPS) is 12.5. The Morgan fingerprint density at radius 2 is 2.45 bits per heavy atom. The zero-order valence-corrected chi connectivity index (χ0v) is 6.36. The van der Waals surface area contributed by atoms with Crippen molar-refractivity contribution in [1.82, 2.24) is 9.97 Å². The lowest BCUT2D eigenvalue weighted by atomic mass is 10.4. The van der Waals surface area contributed by atoms with Crippen molar-refractivity contribution in [3.05, 3.63) is 18.6 Å². The van der Waals surface area contributed by atoms with Crippen LogP contribution in [0.15, 0.2) is 18.6 Å². The van der Waals surface area contributed by atoms with Gasteiger partial charge < -0.3 is 10.4 Å². The molecule has 0 bridgehead atoms. The van der Waals surface area contributed by atoms with Gasteiger partial charge in [-0.05, 0) is 6.92 Å². The summed E-state index contributed by atoms with van der Waals surface area (Å²) in [5.74, 6) is 0.688. The van der Waals surface area contributed by atoms with Crippen LogP contribution in [0, 0.1) is 0 Å². The molecular weight excluding hydrogens is 142 g/mol. The molecule has 1 unspecified atom stereocenters. The van der Waals surface area contributed by atoms with Gasteiger partial charge in [0.15, 0.2) is 0 Å². The highest BCUT2D eigenvalue weighted by Gasteiger charge is 1.94. The molecule has 60 valence electrons. The second-order valence-electron chi connectivity index (χ2n) is 2.32. The molecule has 1 aromatic rings. The van der Waals surface area contributed by atoms with Gasteiger partial charge in [-0.3, -0.25) is 4.98 Å². The van der Waals surface area contributed by atoms with Crippen molar-refractivity contribution in [1.29, 1.82) is 0 Å². The van der Waals surface area contributed by atoms with Gasteiger partial charge in [-0.1, -0.05) is 0 Å². The molecule has 2 N–H and O–H groups in total. The quantitative estimate of drug-likeness (QED) is 0.654. The van der Waals surface area contributed by atoms with Gasteiger partial charge in [-0.25, -0.2) is 4.98 Å². The lowest BCUT2D eigenvalue weighted by Crippen LogP contribution is -2.15. The highest BCUT2D eigenvalue weighted by atomic mass is 16.3. The number of aromatic nitrogens is 2. The number of nitrogens with one attached hydrogen (secondary N) is 1. The average molecular weight is 153 g/mol. The van der Waals surface area contributed by atoms with Gasteiger partial charge in [0, 0.05) is 18.9 Å². The van der Waals surface area contributed by atoms with Gasteiger partial charge in [-0.2, -0.15) is 0 Å². The third kappa shape index (κ3) is 2.95. The Morgan fingerprint density at radius 1 is 1.64 bits per heavy atom. The van der Waals surface area contributed by atoms with Gasteiger partial charge in [0.05, 0.1) is 12.3 Å². The Balaban J connectivity index is 2.39. The molecule has 0 saturated heterocycles. The van der Waals surface area contributed by atoms with E-state index in [4.69, 9.17) is 5.11 Å². The number of rotatable bonds is 3. The fourth-order valence-electron chi connectivity index (χ4n) is 0.643. The van der Waals surface area contributed by atoms with Crippen molar-refractivity contribution in [2.75, 3.05) is 11.9 Å². The first kappa shape index (κ1) is 7.94. The van der Waals surface area contributed by atoms with Crippen LogP contribution in [0.3, 0.4) is 0 Å². The summed E-state index contributed by atoms with van der Waals surface area (Å²) < 4.78 is 0. The predicted molar refractivity (Wildman–Crippen MR) is 42.2 cm³/mol. The molecule has 0 radical (unpaired) electrons. The van der Waals surface area contributed by atoms with Crippen molar-refractivity contribution in [3.63, 3.8) is 0 Å². The molecule has 0 aliphatic heterocycles. The van der Waals surface area contributed by atoms with E-state index in [0.29, 0.717) is 12.4 Å². The Morgan fingerprint density at radius 3 is 3.00 bits per heavy atom. The van der Waals surface area contributed by atoms with Crippen LogP contribution in [0.25, 0.3) is 0 Å². The summed E-state index contributed by atoms with van der Waals surface area (Å²) in [5, 5.41) is 11.8. The highest BCUT2D eigenvalue weighted by Crippen LogP contribution is 1.96. The van der Waals surface area contributed by atoms with E-state index in [0.717, 1.165) is 0 Å². The van der Waals surface area contributed by atoms with Crippen molar-refractivity contribution in [3.8, 4) is 0 Å². The van der Waals surface area contributed by atoms with Crippen LogP contribution in [0.5, 0.6) is 0 Å². The number of hydrogen-bond acceptors (Lipinski definition) is 4. The topological polar surface area (TPSA) is 58.0 Å². The Bertz CT molecular complexity index is 200. The summed E-state index contributed by atoms with van der Waals surface area (Å²) in [4.78, 5) is 7.82. The SMILES string of the molecule is CC(O)CNc1cnccn1. The van der Waals surface area contributed by atoms with E-state index in [-0.39, 0.29) is 6.10 Å². The van der Waals surface area contributed by atoms with Crippen molar-refractivity contribution < 1.29 is 5.11 Å². The second-order valence-corrected chi connectivity index (χ2v) is 2.32. The Labute approximate surface area is 65.3 Å². The van der Waals surface area contributed by atoms with Gasteiger partial charge in [0.1, 0.15) is 5.82 Å². The first-order chi connectivity index (χ1) is 5.29. The molecule has 1 heterocycles. The maximum absolute atomic E-state index is 8.90. The minimum absolute atomic E-state index is 0.364. The molecule has 1 atom stereocenters. The largest absolute Gasteiger partial charge is 0.392 e. The van der Waals surface area contributed by atoms with E-state index in [2.05, 4.69) is 15.3 Å². The molecule has 0 spiro atoms. The van der Waals surface area contributed by atoms with Crippen LogP contribution in [0.1, 0.15) is 6.92 Å². The molecular formula is C7H11N3O. The standard InChI is InChI=1S/C7H11N3O/c1-6(11)4-10-7-5-8-2-3-9-7/h2-3,5-6,11H,4H2,1H3,(H,9,10). The summed E-state index contributed by atoms with van der Waals surface area (Å²) >= 11 is 0. The number of anilines is 1. The van der Waals surface area contributed by atoms with Crippen LogP contribution in [0.2, 0.25) is 0 Å². The Kier molecular flexibility index (Phi) is 2.80. The molecule has 0 aliphatic carbocycles. The van der Waals surface area contributed by atoms with E-state index < -0.39 is 0 Å². The molecule has 4 nitrogen and oxygen atoms in total. The first-order valence-corrected chi connectivity index (χ1v) is 3.47. The van der Waals surface area contributed by atoms with Crippen LogP contribution in [-0.4, -0.2) is 27.7 Å². The summed E-state index contributed by atoms with van der Waals surface area (Å²) in [7, 11) is 0. The molecule has 1 aromatic heterocycles. The molecule has 0 aliphatic rings. The smallest absolute Gasteiger partial charge is 0.144 e. The van der Waals surface area contributed by atoms with E-state index >= 15 is 0 Å². The van der Waals surface area contributed by atoms with E-state index in [1.807, 2.05) is 0 Å². The summed E-state index contributed by atoms with van der Waals surface area (Å²) in [6, 6.07) is 0. The van der Waals surface area contributed by atoms with Gasteiger partial charge in [-0.15, -0.1) is 0 Å². The van der Waals surface area contributed by atoms with E-state index in [1.54, 1.807) is 25.5 Å². The number of aliphatic hydroxyl groups is 1.